The van der Waals surface area contributed by atoms with Crippen molar-refractivity contribution in [3.63, 3.8) is 0 Å². The normalized spacial score (nSPS) is 18.2. The second-order valence-electron chi connectivity index (χ2n) is 10.4. The van der Waals surface area contributed by atoms with E-state index in [-0.39, 0.29) is 18.6 Å². The molecule has 3 aromatic carbocycles. The molecule has 1 aliphatic heterocycles. The Morgan fingerprint density at radius 2 is 1.51 bits per heavy atom. The monoisotopic (exact) mass is 614 g/mol. The van der Waals surface area contributed by atoms with E-state index in [0.29, 0.717) is 11.5 Å². The standard InChI is InChI=1S/C34H34N2O9/c1-41-26-14-10-24(11-15-26)34(23-7-5-4-6-8-23,25-12-16-27(42-2)17-13-25)44-21-29-28(37)19-30(45-29)36-20-22(9-18-31(38)43-3)32(39)35-33(36)40/h4-18,20,28-30,37H,19,21H2,1-3H3,(H,35,39,40)/b18-9+/t28-,29+,30+/m0/s1. The van der Waals surface area contributed by atoms with Crippen LogP contribution >= 0.6 is 0 Å². The number of hydrogen-bond acceptors (Lipinski definition) is 9. The molecular formula is C34H34N2O9. The number of methoxy groups -OCH3 is 3. The van der Waals surface area contributed by atoms with Crippen molar-refractivity contribution in [2.45, 2.75) is 30.5 Å². The molecule has 1 saturated heterocycles. The highest BCUT2D eigenvalue weighted by Gasteiger charge is 2.42. The number of esters is 1. The van der Waals surface area contributed by atoms with Crippen LogP contribution in [-0.2, 0) is 24.6 Å². The Labute approximate surface area is 259 Å². The maximum absolute atomic E-state index is 12.7. The van der Waals surface area contributed by atoms with E-state index in [2.05, 4.69) is 9.72 Å². The van der Waals surface area contributed by atoms with E-state index in [1.165, 1.54) is 23.9 Å². The summed E-state index contributed by atoms with van der Waals surface area (Å²) in [7, 11) is 4.41. The van der Waals surface area contributed by atoms with Gasteiger partial charge in [0.1, 0.15) is 29.4 Å². The molecular weight excluding hydrogens is 580 g/mol. The molecule has 2 N–H and O–H groups in total. The lowest BCUT2D eigenvalue weighted by Gasteiger charge is -2.37. The van der Waals surface area contributed by atoms with Crippen molar-refractivity contribution in [3.8, 4) is 11.5 Å². The molecule has 0 aliphatic carbocycles. The van der Waals surface area contributed by atoms with Gasteiger partial charge in [-0.15, -0.1) is 0 Å². The average Bonchev–Trinajstić information content (AvgIpc) is 3.45. The summed E-state index contributed by atoms with van der Waals surface area (Å²) in [5, 5.41) is 11.1. The fraction of sp³-hybridized carbons (Fsp3) is 0.265. The maximum Gasteiger partial charge on any atom is 0.330 e. The van der Waals surface area contributed by atoms with E-state index in [9.17, 15) is 19.5 Å². The molecule has 234 valence electrons. The summed E-state index contributed by atoms with van der Waals surface area (Å²) in [4.78, 5) is 38.8. The van der Waals surface area contributed by atoms with Crippen molar-refractivity contribution >= 4 is 12.0 Å². The largest absolute Gasteiger partial charge is 0.497 e. The van der Waals surface area contributed by atoms with Crippen molar-refractivity contribution in [1.29, 1.82) is 0 Å². The number of rotatable bonds is 11. The Hall–Kier alpha value is -4.97. The predicted octanol–water partition coefficient (Wildman–Crippen LogP) is 3.40. The number of aromatic nitrogens is 2. The molecule has 0 unspecified atom stereocenters. The Kier molecular flexibility index (Phi) is 9.62. The highest BCUT2D eigenvalue weighted by molar-refractivity contribution is 5.86. The predicted molar refractivity (Wildman–Crippen MR) is 165 cm³/mol. The summed E-state index contributed by atoms with van der Waals surface area (Å²) < 4.78 is 29.6. The number of nitrogens with zero attached hydrogens (tertiary/aromatic N) is 1. The van der Waals surface area contributed by atoms with Gasteiger partial charge >= 0.3 is 11.7 Å². The fourth-order valence-corrected chi connectivity index (χ4v) is 5.38. The lowest BCUT2D eigenvalue weighted by Crippen LogP contribution is -2.38. The van der Waals surface area contributed by atoms with Crippen LogP contribution in [0.2, 0.25) is 0 Å². The molecule has 1 aromatic heterocycles. The zero-order valence-corrected chi connectivity index (χ0v) is 25.0. The molecule has 3 atom stereocenters. The molecule has 45 heavy (non-hydrogen) atoms. The molecule has 0 radical (unpaired) electrons. The molecule has 0 bridgehead atoms. The van der Waals surface area contributed by atoms with Crippen LogP contribution in [0.5, 0.6) is 11.5 Å². The summed E-state index contributed by atoms with van der Waals surface area (Å²) in [6.07, 6.45) is 0.919. The molecule has 2 heterocycles. The first-order valence-corrected chi connectivity index (χ1v) is 14.2. The number of ether oxygens (including phenoxy) is 5. The molecule has 11 heteroatoms. The van der Waals surface area contributed by atoms with E-state index in [4.69, 9.17) is 18.9 Å². The van der Waals surface area contributed by atoms with Crippen molar-refractivity contribution in [2.24, 2.45) is 0 Å². The summed E-state index contributed by atoms with van der Waals surface area (Å²) in [5.41, 5.74) is -0.0411. The van der Waals surface area contributed by atoms with Gasteiger partial charge in [-0.3, -0.25) is 14.3 Å². The van der Waals surface area contributed by atoms with Crippen LogP contribution in [0.15, 0.2) is 101 Å². The van der Waals surface area contributed by atoms with Gasteiger partial charge in [0, 0.05) is 18.7 Å². The SMILES string of the molecule is COC(=O)/C=C/c1cn([C@H]2C[C@H](O)[C@@H](COC(c3ccccc3)(c3ccc(OC)cc3)c3ccc(OC)cc3)O2)c(=O)[nH]c1=O. The highest BCUT2D eigenvalue weighted by atomic mass is 16.6. The Bertz CT molecular complexity index is 1700. The first-order valence-electron chi connectivity index (χ1n) is 14.2. The van der Waals surface area contributed by atoms with E-state index in [0.717, 1.165) is 22.8 Å². The summed E-state index contributed by atoms with van der Waals surface area (Å²) in [5.74, 6) is 0.701. The molecule has 1 fully saturated rings. The molecule has 11 nitrogen and oxygen atoms in total. The van der Waals surface area contributed by atoms with Crippen LogP contribution in [0.3, 0.4) is 0 Å². The first-order chi connectivity index (χ1) is 21.8. The number of hydrogen-bond donors (Lipinski definition) is 2. The minimum Gasteiger partial charge on any atom is -0.497 e. The van der Waals surface area contributed by atoms with Crippen molar-refractivity contribution in [1.82, 2.24) is 9.55 Å². The molecule has 0 amide bonds. The Morgan fingerprint density at radius 3 is 2.07 bits per heavy atom. The van der Waals surface area contributed by atoms with Gasteiger partial charge in [-0.05, 0) is 47.0 Å². The highest BCUT2D eigenvalue weighted by Crippen LogP contribution is 2.42. The fourth-order valence-electron chi connectivity index (χ4n) is 5.38. The number of aliphatic hydroxyl groups excluding tert-OH is 1. The lowest BCUT2D eigenvalue weighted by atomic mass is 9.80. The minimum atomic E-state index is -1.14. The van der Waals surface area contributed by atoms with Gasteiger partial charge in [0.25, 0.3) is 5.56 Å². The summed E-state index contributed by atoms with van der Waals surface area (Å²) in [6.45, 7) is -0.0577. The zero-order valence-electron chi connectivity index (χ0n) is 25.0. The van der Waals surface area contributed by atoms with Crippen LogP contribution in [-0.4, -0.2) is 60.8 Å². The van der Waals surface area contributed by atoms with Crippen LogP contribution in [0.4, 0.5) is 0 Å². The molecule has 0 spiro atoms. The number of H-pyrrole nitrogens is 1. The number of aliphatic hydroxyl groups is 1. The van der Waals surface area contributed by atoms with Crippen LogP contribution in [0, 0.1) is 0 Å². The maximum atomic E-state index is 12.7. The van der Waals surface area contributed by atoms with Gasteiger partial charge < -0.3 is 28.8 Å². The molecule has 4 aromatic rings. The molecule has 5 rings (SSSR count). The summed E-state index contributed by atoms with van der Waals surface area (Å²) >= 11 is 0. The number of carbonyl (C=O) groups excluding carboxylic acids is 1. The lowest BCUT2D eigenvalue weighted by molar-refractivity contribution is -0.134. The van der Waals surface area contributed by atoms with Crippen molar-refractivity contribution in [2.75, 3.05) is 27.9 Å². The van der Waals surface area contributed by atoms with Crippen LogP contribution in [0.1, 0.15) is 34.9 Å². The van der Waals surface area contributed by atoms with Gasteiger partial charge in [-0.25, -0.2) is 9.59 Å². The Balaban J connectivity index is 1.50. The van der Waals surface area contributed by atoms with Crippen molar-refractivity contribution in [3.05, 3.63) is 134 Å². The van der Waals surface area contributed by atoms with Gasteiger partial charge in [0.15, 0.2) is 0 Å². The van der Waals surface area contributed by atoms with Crippen LogP contribution in [0.25, 0.3) is 6.08 Å². The van der Waals surface area contributed by atoms with E-state index in [1.807, 2.05) is 78.9 Å². The van der Waals surface area contributed by atoms with Gasteiger partial charge in [0.2, 0.25) is 0 Å². The third-order valence-electron chi connectivity index (χ3n) is 7.75. The van der Waals surface area contributed by atoms with E-state index < -0.39 is 41.3 Å². The number of aromatic amines is 1. The number of carbonyl (C=O) groups is 1. The third kappa shape index (κ3) is 6.60. The zero-order chi connectivity index (χ0) is 32.0. The Morgan fingerprint density at radius 1 is 0.933 bits per heavy atom. The van der Waals surface area contributed by atoms with Crippen molar-refractivity contribution < 1.29 is 33.6 Å². The quantitative estimate of drug-likeness (QED) is 0.148. The second-order valence-corrected chi connectivity index (χ2v) is 10.4. The summed E-state index contributed by atoms with van der Waals surface area (Å²) in [6, 6.07) is 24.8. The topological polar surface area (TPSA) is 138 Å². The van der Waals surface area contributed by atoms with Gasteiger partial charge in [-0.2, -0.15) is 0 Å². The smallest absolute Gasteiger partial charge is 0.330 e. The molecule has 1 aliphatic rings. The van der Waals surface area contributed by atoms with E-state index >= 15 is 0 Å². The van der Waals surface area contributed by atoms with Crippen LogP contribution < -0.4 is 20.7 Å². The third-order valence-corrected chi connectivity index (χ3v) is 7.75. The second kappa shape index (κ2) is 13.8. The molecule has 0 saturated carbocycles. The van der Waals surface area contributed by atoms with Gasteiger partial charge in [-0.1, -0.05) is 54.6 Å². The average molecular weight is 615 g/mol. The van der Waals surface area contributed by atoms with E-state index in [1.54, 1.807) is 14.2 Å². The first kappa shape index (κ1) is 31.5. The number of benzene rings is 3. The number of nitrogens with one attached hydrogen (secondary N) is 1. The minimum absolute atomic E-state index is 0.0416. The van der Waals surface area contributed by atoms with Gasteiger partial charge in [0.05, 0.1) is 39.6 Å².